The van der Waals surface area contributed by atoms with Crippen LogP contribution >= 0.6 is 22.6 Å². The Kier molecular flexibility index (Phi) is 6.31. The van der Waals surface area contributed by atoms with E-state index >= 15 is 0 Å². The monoisotopic (exact) mass is 463 g/mol. The van der Waals surface area contributed by atoms with E-state index in [-0.39, 0.29) is 18.3 Å². The molecule has 0 radical (unpaired) electrons. The van der Waals surface area contributed by atoms with Gasteiger partial charge in [0.1, 0.15) is 12.4 Å². The van der Waals surface area contributed by atoms with Crippen molar-refractivity contribution >= 4 is 28.5 Å². The lowest BCUT2D eigenvalue weighted by atomic mass is 10.1. The van der Waals surface area contributed by atoms with Crippen LogP contribution in [-0.4, -0.2) is 18.6 Å². The Morgan fingerprint density at radius 1 is 1.20 bits per heavy atom. The average Bonchev–Trinajstić information content (AvgIpc) is 2.54. The van der Waals surface area contributed by atoms with Gasteiger partial charge in [0.25, 0.3) is 5.91 Å². The van der Waals surface area contributed by atoms with E-state index < -0.39 is 17.8 Å². The quantitative estimate of drug-likeness (QED) is 0.647. The van der Waals surface area contributed by atoms with Crippen molar-refractivity contribution in [2.75, 3.05) is 6.61 Å². The van der Waals surface area contributed by atoms with Gasteiger partial charge in [-0.2, -0.15) is 13.2 Å². The number of halogens is 4. The maximum absolute atomic E-state index is 12.9. The topological polar surface area (TPSA) is 38.3 Å². The second-order valence-electron chi connectivity index (χ2n) is 5.62. The first-order valence-corrected chi connectivity index (χ1v) is 8.63. The van der Waals surface area contributed by atoms with Crippen molar-refractivity contribution in [2.45, 2.75) is 26.1 Å². The summed E-state index contributed by atoms with van der Waals surface area (Å²) in [5, 5.41) is 2.74. The summed E-state index contributed by atoms with van der Waals surface area (Å²) in [6.45, 7) is 3.51. The molecule has 0 fully saturated rings. The standard InChI is InChI=1S/C18H17F3INO2/c1-11-6-5-7-13(16(11)22)17(24)23-12(2)10-25-15-9-4-3-8-14(15)18(19,20)21/h3-9,12H,10H2,1-2H3,(H,23,24). The van der Waals surface area contributed by atoms with Gasteiger partial charge in [-0.25, -0.2) is 0 Å². The lowest BCUT2D eigenvalue weighted by Crippen LogP contribution is -2.37. The van der Waals surface area contributed by atoms with Gasteiger partial charge in [-0.05, 0) is 60.2 Å². The third-order valence-electron chi connectivity index (χ3n) is 3.50. The van der Waals surface area contributed by atoms with E-state index in [0.29, 0.717) is 5.56 Å². The summed E-state index contributed by atoms with van der Waals surface area (Å²) in [6.07, 6.45) is -4.49. The van der Waals surface area contributed by atoms with Crippen LogP contribution in [0, 0.1) is 10.5 Å². The van der Waals surface area contributed by atoms with E-state index in [1.54, 1.807) is 19.1 Å². The van der Waals surface area contributed by atoms with Gasteiger partial charge in [0.05, 0.1) is 17.2 Å². The van der Waals surface area contributed by atoms with Crippen molar-refractivity contribution < 1.29 is 22.7 Å². The molecule has 0 heterocycles. The summed E-state index contributed by atoms with van der Waals surface area (Å²) >= 11 is 2.09. The minimum absolute atomic E-state index is 0.0682. The van der Waals surface area contributed by atoms with Crippen LogP contribution in [0.3, 0.4) is 0 Å². The number of amides is 1. The van der Waals surface area contributed by atoms with Crippen LogP contribution in [0.2, 0.25) is 0 Å². The molecule has 0 saturated heterocycles. The van der Waals surface area contributed by atoms with Crippen LogP contribution in [-0.2, 0) is 6.18 Å². The highest BCUT2D eigenvalue weighted by atomic mass is 127. The van der Waals surface area contributed by atoms with Gasteiger partial charge in [-0.1, -0.05) is 24.3 Å². The summed E-state index contributed by atoms with van der Waals surface area (Å²) in [6, 6.07) is 9.95. The molecule has 3 nitrogen and oxygen atoms in total. The van der Waals surface area contributed by atoms with Crippen LogP contribution in [0.4, 0.5) is 13.2 Å². The van der Waals surface area contributed by atoms with Crippen molar-refractivity contribution in [2.24, 2.45) is 0 Å². The molecule has 25 heavy (non-hydrogen) atoms. The van der Waals surface area contributed by atoms with E-state index in [1.807, 2.05) is 13.0 Å². The summed E-state index contributed by atoms with van der Waals surface area (Å²) in [4.78, 5) is 12.3. The number of hydrogen-bond donors (Lipinski definition) is 1. The molecule has 0 saturated carbocycles. The molecule has 0 aliphatic carbocycles. The highest BCUT2D eigenvalue weighted by molar-refractivity contribution is 14.1. The fourth-order valence-corrected chi connectivity index (χ4v) is 2.81. The van der Waals surface area contributed by atoms with Crippen LogP contribution in [0.1, 0.15) is 28.4 Å². The van der Waals surface area contributed by atoms with Gasteiger partial charge in [0.15, 0.2) is 0 Å². The number of para-hydroxylation sites is 1. The molecule has 1 unspecified atom stereocenters. The maximum Gasteiger partial charge on any atom is 0.419 e. The molecule has 7 heteroatoms. The number of nitrogens with one attached hydrogen (secondary N) is 1. The molecule has 2 rings (SSSR count). The highest BCUT2D eigenvalue weighted by Crippen LogP contribution is 2.35. The van der Waals surface area contributed by atoms with Crippen molar-refractivity contribution in [1.29, 1.82) is 0 Å². The Morgan fingerprint density at radius 3 is 2.56 bits per heavy atom. The van der Waals surface area contributed by atoms with E-state index in [2.05, 4.69) is 27.9 Å². The highest BCUT2D eigenvalue weighted by Gasteiger charge is 2.34. The zero-order chi connectivity index (χ0) is 18.6. The van der Waals surface area contributed by atoms with E-state index in [9.17, 15) is 18.0 Å². The zero-order valence-corrected chi connectivity index (χ0v) is 15.8. The Bertz CT molecular complexity index is 762. The van der Waals surface area contributed by atoms with Crippen molar-refractivity contribution in [3.8, 4) is 5.75 Å². The Hall–Kier alpha value is -1.77. The third-order valence-corrected chi connectivity index (χ3v) is 4.93. The maximum atomic E-state index is 12.9. The predicted octanol–water partition coefficient (Wildman–Crippen LogP) is 4.82. The minimum Gasteiger partial charge on any atom is -0.491 e. The number of carbonyl (C=O) groups excluding carboxylic acids is 1. The molecule has 2 aromatic carbocycles. The molecular weight excluding hydrogens is 446 g/mol. The fourth-order valence-electron chi connectivity index (χ4n) is 2.21. The number of aryl methyl sites for hydroxylation is 1. The normalized spacial score (nSPS) is 12.6. The van der Waals surface area contributed by atoms with Gasteiger partial charge in [0.2, 0.25) is 0 Å². The van der Waals surface area contributed by atoms with Crippen molar-refractivity contribution in [3.05, 3.63) is 62.7 Å². The molecule has 0 bridgehead atoms. The number of rotatable bonds is 5. The van der Waals surface area contributed by atoms with Gasteiger partial charge in [-0.3, -0.25) is 4.79 Å². The molecule has 1 amide bonds. The number of ether oxygens (including phenoxy) is 1. The van der Waals surface area contributed by atoms with E-state index in [4.69, 9.17) is 4.74 Å². The smallest absolute Gasteiger partial charge is 0.419 e. The molecule has 0 aliphatic rings. The molecule has 134 valence electrons. The molecule has 0 aliphatic heterocycles. The first-order valence-electron chi connectivity index (χ1n) is 7.55. The van der Waals surface area contributed by atoms with Crippen LogP contribution in [0.5, 0.6) is 5.75 Å². The lowest BCUT2D eigenvalue weighted by molar-refractivity contribution is -0.139. The average molecular weight is 463 g/mol. The Labute approximate surface area is 157 Å². The van der Waals surface area contributed by atoms with Crippen molar-refractivity contribution in [1.82, 2.24) is 5.32 Å². The largest absolute Gasteiger partial charge is 0.491 e. The van der Waals surface area contributed by atoms with Crippen LogP contribution in [0.15, 0.2) is 42.5 Å². The first-order chi connectivity index (χ1) is 11.7. The Balaban J connectivity index is 2.01. The summed E-state index contributed by atoms with van der Waals surface area (Å²) in [5.74, 6) is -0.533. The van der Waals surface area contributed by atoms with E-state index in [1.165, 1.54) is 18.2 Å². The zero-order valence-electron chi connectivity index (χ0n) is 13.7. The van der Waals surface area contributed by atoms with Crippen molar-refractivity contribution in [3.63, 3.8) is 0 Å². The van der Waals surface area contributed by atoms with Gasteiger partial charge >= 0.3 is 6.18 Å². The third kappa shape index (κ3) is 5.10. The van der Waals surface area contributed by atoms with Crippen LogP contribution < -0.4 is 10.1 Å². The molecule has 0 spiro atoms. The number of hydrogen-bond acceptors (Lipinski definition) is 2. The molecule has 0 aromatic heterocycles. The predicted molar refractivity (Wildman–Crippen MR) is 97.8 cm³/mol. The molecular formula is C18H17F3INO2. The number of benzene rings is 2. The van der Waals surface area contributed by atoms with Crippen LogP contribution in [0.25, 0.3) is 0 Å². The minimum atomic E-state index is -4.49. The fraction of sp³-hybridized carbons (Fsp3) is 0.278. The van der Waals surface area contributed by atoms with Gasteiger partial charge in [-0.15, -0.1) is 0 Å². The molecule has 2 aromatic rings. The van der Waals surface area contributed by atoms with Gasteiger partial charge < -0.3 is 10.1 Å². The number of carbonyl (C=O) groups is 1. The SMILES string of the molecule is Cc1cccc(C(=O)NC(C)COc2ccccc2C(F)(F)F)c1I. The first kappa shape index (κ1) is 19.6. The number of alkyl halides is 3. The Morgan fingerprint density at radius 2 is 1.88 bits per heavy atom. The van der Waals surface area contributed by atoms with E-state index in [0.717, 1.165) is 15.2 Å². The summed E-state index contributed by atoms with van der Waals surface area (Å²) < 4.78 is 44.9. The summed E-state index contributed by atoms with van der Waals surface area (Å²) in [7, 11) is 0. The second kappa shape index (κ2) is 8.07. The van der Waals surface area contributed by atoms with Gasteiger partial charge in [0, 0.05) is 3.57 Å². The lowest BCUT2D eigenvalue weighted by Gasteiger charge is -2.18. The molecule has 1 N–H and O–H groups in total. The second-order valence-corrected chi connectivity index (χ2v) is 6.69. The summed E-state index contributed by atoms with van der Waals surface area (Å²) in [5.41, 5.74) is 0.682. The molecule has 1 atom stereocenters.